The van der Waals surface area contributed by atoms with E-state index in [-0.39, 0.29) is 17.9 Å². The lowest BCUT2D eigenvalue weighted by atomic mass is 9.70. The van der Waals surface area contributed by atoms with Crippen molar-refractivity contribution in [1.29, 1.82) is 0 Å². The standard InChI is InChI=1S/C22H36N2O2/c1-16(2)19-11-10-17(3)14-20(19)22(25)24-15-21(26-13-7-12-23)18-8-5-4-6-9-18/h4-6,8-9,16-17,19-21H,7,10-15,23H2,1-3H3,(H,24,25). The summed E-state index contributed by atoms with van der Waals surface area (Å²) in [6.07, 6.45) is 4.10. The van der Waals surface area contributed by atoms with Crippen molar-refractivity contribution >= 4 is 5.91 Å². The van der Waals surface area contributed by atoms with Crippen LogP contribution in [0.1, 0.15) is 58.1 Å². The number of ether oxygens (including phenoxy) is 1. The maximum atomic E-state index is 12.9. The van der Waals surface area contributed by atoms with Crippen LogP contribution in [0.15, 0.2) is 30.3 Å². The smallest absolute Gasteiger partial charge is 0.223 e. The van der Waals surface area contributed by atoms with Crippen molar-refractivity contribution in [2.75, 3.05) is 19.7 Å². The molecule has 0 aromatic heterocycles. The summed E-state index contributed by atoms with van der Waals surface area (Å²) in [4.78, 5) is 12.9. The fourth-order valence-corrected chi connectivity index (χ4v) is 4.08. The van der Waals surface area contributed by atoms with E-state index in [0.29, 0.717) is 37.5 Å². The second-order valence-corrected chi connectivity index (χ2v) is 8.09. The van der Waals surface area contributed by atoms with Crippen LogP contribution in [0.4, 0.5) is 0 Å². The van der Waals surface area contributed by atoms with E-state index in [1.807, 2.05) is 18.2 Å². The molecule has 0 heterocycles. The van der Waals surface area contributed by atoms with Crippen LogP contribution >= 0.6 is 0 Å². The molecule has 1 aliphatic rings. The lowest BCUT2D eigenvalue weighted by molar-refractivity contribution is -0.130. The molecule has 1 aromatic carbocycles. The first-order chi connectivity index (χ1) is 12.5. The van der Waals surface area contributed by atoms with E-state index in [2.05, 4.69) is 38.2 Å². The van der Waals surface area contributed by atoms with Gasteiger partial charge in [-0.25, -0.2) is 0 Å². The summed E-state index contributed by atoms with van der Waals surface area (Å²) >= 11 is 0. The minimum Gasteiger partial charge on any atom is -0.372 e. The van der Waals surface area contributed by atoms with Gasteiger partial charge in [0.1, 0.15) is 0 Å². The van der Waals surface area contributed by atoms with Gasteiger partial charge in [0.05, 0.1) is 6.10 Å². The summed E-state index contributed by atoms with van der Waals surface area (Å²) in [5.41, 5.74) is 6.68. The van der Waals surface area contributed by atoms with Gasteiger partial charge < -0.3 is 15.8 Å². The highest BCUT2D eigenvalue weighted by atomic mass is 16.5. The average Bonchev–Trinajstić information content (AvgIpc) is 2.64. The number of carbonyl (C=O) groups excluding carboxylic acids is 1. The minimum atomic E-state index is -0.120. The first kappa shape index (κ1) is 20.9. The van der Waals surface area contributed by atoms with Gasteiger partial charge in [-0.3, -0.25) is 4.79 Å². The van der Waals surface area contributed by atoms with Gasteiger partial charge in [0.2, 0.25) is 5.91 Å². The number of rotatable bonds is 9. The Kier molecular flexibility index (Phi) is 8.60. The van der Waals surface area contributed by atoms with Crippen molar-refractivity contribution in [2.45, 2.75) is 52.6 Å². The molecule has 1 aliphatic carbocycles. The predicted molar refractivity (Wildman–Crippen MR) is 107 cm³/mol. The molecule has 0 saturated heterocycles. The quantitative estimate of drug-likeness (QED) is 0.656. The molecule has 0 radical (unpaired) electrons. The Balaban J connectivity index is 1.98. The largest absolute Gasteiger partial charge is 0.372 e. The molecule has 146 valence electrons. The van der Waals surface area contributed by atoms with Gasteiger partial charge in [-0.2, -0.15) is 0 Å². The zero-order valence-electron chi connectivity index (χ0n) is 16.6. The van der Waals surface area contributed by atoms with Crippen molar-refractivity contribution in [3.8, 4) is 0 Å². The lowest BCUT2D eigenvalue weighted by Gasteiger charge is -2.36. The zero-order chi connectivity index (χ0) is 18.9. The van der Waals surface area contributed by atoms with E-state index >= 15 is 0 Å². The van der Waals surface area contributed by atoms with Gasteiger partial charge in [-0.05, 0) is 49.1 Å². The fourth-order valence-electron chi connectivity index (χ4n) is 4.08. The summed E-state index contributed by atoms with van der Waals surface area (Å²) in [5, 5.41) is 3.19. The molecule has 2 rings (SSSR count). The molecule has 3 N–H and O–H groups in total. The third kappa shape index (κ3) is 6.10. The summed E-state index contributed by atoms with van der Waals surface area (Å²) in [6, 6.07) is 10.1. The first-order valence-electron chi connectivity index (χ1n) is 10.2. The van der Waals surface area contributed by atoms with Crippen molar-refractivity contribution in [1.82, 2.24) is 5.32 Å². The van der Waals surface area contributed by atoms with Gasteiger partial charge in [-0.15, -0.1) is 0 Å². The number of nitrogens with two attached hydrogens (primary N) is 1. The number of hydrogen-bond acceptors (Lipinski definition) is 3. The second-order valence-electron chi connectivity index (χ2n) is 8.09. The molecular weight excluding hydrogens is 324 g/mol. The van der Waals surface area contributed by atoms with Crippen LogP contribution in [-0.4, -0.2) is 25.6 Å². The van der Waals surface area contributed by atoms with Gasteiger partial charge >= 0.3 is 0 Å². The van der Waals surface area contributed by atoms with Crippen molar-refractivity contribution < 1.29 is 9.53 Å². The predicted octanol–water partition coefficient (Wildman–Crippen LogP) is 3.92. The summed E-state index contributed by atoms with van der Waals surface area (Å²) in [5.74, 6) is 1.98. The molecule has 4 unspecified atom stereocenters. The van der Waals surface area contributed by atoms with Crippen LogP contribution in [-0.2, 0) is 9.53 Å². The Bertz CT molecular complexity index is 532. The second kappa shape index (κ2) is 10.7. The third-order valence-corrected chi connectivity index (χ3v) is 5.66. The Morgan fingerprint density at radius 3 is 2.65 bits per heavy atom. The van der Waals surface area contributed by atoms with E-state index in [1.165, 1.54) is 6.42 Å². The van der Waals surface area contributed by atoms with Crippen molar-refractivity contribution in [3.63, 3.8) is 0 Å². The normalized spacial score (nSPS) is 24.4. The Hall–Kier alpha value is -1.39. The maximum absolute atomic E-state index is 12.9. The highest BCUT2D eigenvalue weighted by Crippen LogP contribution is 2.38. The van der Waals surface area contributed by atoms with Crippen LogP contribution in [0.5, 0.6) is 0 Å². The van der Waals surface area contributed by atoms with Crippen LogP contribution in [0, 0.1) is 23.7 Å². The molecule has 0 spiro atoms. The Morgan fingerprint density at radius 2 is 2.00 bits per heavy atom. The zero-order valence-corrected chi connectivity index (χ0v) is 16.6. The van der Waals surface area contributed by atoms with E-state index in [1.54, 1.807) is 0 Å². The van der Waals surface area contributed by atoms with E-state index in [9.17, 15) is 4.79 Å². The van der Waals surface area contributed by atoms with Gasteiger partial charge in [0.15, 0.2) is 0 Å². The molecule has 26 heavy (non-hydrogen) atoms. The van der Waals surface area contributed by atoms with Crippen molar-refractivity contribution in [3.05, 3.63) is 35.9 Å². The number of benzene rings is 1. The Morgan fingerprint density at radius 1 is 1.27 bits per heavy atom. The van der Waals surface area contributed by atoms with E-state index < -0.39 is 0 Å². The number of hydrogen-bond donors (Lipinski definition) is 2. The Labute approximate surface area is 158 Å². The first-order valence-corrected chi connectivity index (χ1v) is 10.2. The summed E-state index contributed by atoms with van der Waals surface area (Å²) < 4.78 is 6.01. The van der Waals surface area contributed by atoms with Crippen LogP contribution < -0.4 is 11.1 Å². The monoisotopic (exact) mass is 360 g/mol. The van der Waals surface area contributed by atoms with Crippen molar-refractivity contribution in [2.24, 2.45) is 29.4 Å². The van der Waals surface area contributed by atoms with Gasteiger partial charge in [0.25, 0.3) is 0 Å². The molecule has 0 aliphatic heterocycles. The summed E-state index contributed by atoms with van der Waals surface area (Å²) in [6.45, 7) is 8.49. The number of amides is 1. The topological polar surface area (TPSA) is 64.3 Å². The van der Waals surface area contributed by atoms with Gasteiger partial charge in [0, 0.05) is 19.1 Å². The van der Waals surface area contributed by atoms with Gasteiger partial charge in [-0.1, -0.05) is 57.5 Å². The molecule has 0 bridgehead atoms. The number of nitrogens with one attached hydrogen (secondary N) is 1. The molecule has 1 fully saturated rings. The molecule has 4 atom stereocenters. The molecule has 4 heteroatoms. The van der Waals surface area contributed by atoms with E-state index in [4.69, 9.17) is 10.5 Å². The molecular formula is C22H36N2O2. The third-order valence-electron chi connectivity index (χ3n) is 5.66. The maximum Gasteiger partial charge on any atom is 0.223 e. The lowest BCUT2D eigenvalue weighted by Crippen LogP contribution is -2.41. The average molecular weight is 361 g/mol. The molecule has 4 nitrogen and oxygen atoms in total. The minimum absolute atomic E-state index is 0.120. The van der Waals surface area contributed by atoms with Crippen LogP contribution in [0.3, 0.4) is 0 Å². The fraction of sp³-hybridized carbons (Fsp3) is 0.682. The highest BCUT2D eigenvalue weighted by molar-refractivity contribution is 5.79. The van der Waals surface area contributed by atoms with Crippen LogP contribution in [0.25, 0.3) is 0 Å². The van der Waals surface area contributed by atoms with E-state index in [0.717, 1.165) is 24.8 Å². The van der Waals surface area contributed by atoms with Crippen LogP contribution in [0.2, 0.25) is 0 Å². The molecule has 1 aromatic rings. The molecule has 1 amide bonds. The SMILES string of the molecule is CC1CCC(C(C)C)C(C(=O)NCC(OCCCN)c2ccccc2)C1. The summed E-state index contributed by atoms with van der Waals surface area (Å²) in [7, 11) is 0. The number of carbonyl (C=O) groups is 1. The molecule has 1 saturated carbocycles. The highest BCUT2D eigenvalue weighted by Gasteiger charge is 2.35.